The van der Waals surface area contributed by atoms with E-state index in [0.29, 0.717) is 28.3 Å². The van der Waals surface area contributed by atoms with Crippen molar-refractivity contribution in [2.75, 3.05) is 6.61 Å². The summed E-state index contributed by atoms with van der Waals surface area (Å²) >= 11 is 10.9. The summed E-state index contributed by atoms with van der Waals surface area (Å²) in [7, 11) is 0. The van der Waals surface area contributed by atoms with Crippen LogP contribution in [-0.4, -0.2) is 11.6 Å². The molecule has 0 bridgehead atoms. The number of halogens is 1. The molecule has 0 aliphatic heterocycles. The zero-order chi connectivity index (χ0) is 12.8. The predicted molar refractivity (Wildman–Crippen MR) is 76.9 cm³/mol. The second-order valence-corrected chi connectivity index (χ2v) is 5.09. The van der Waals surface area contributed by atoms with Crippen LogP contribution in [0.1, 0.15) is 32.3 Å². The third-order valence-corrected chi connectivity index (χ3v) is 2.97. The van der Waals surface area contributed by atoms with E-state index in [0.717, 1.165) is 18.4 Å². The lowest BCUT2D eigenvalue weighted by atomic mass is 10.1. The van der Waals surface area contributed by atoms with Gasteiger partial charge in [-0.2, -0.15) is 0 Å². The molecule has 94 valence electrons. The molecular formula is C13H18ClNOS. The molecule has 2 N–H and O–H groups in total. The minimum absolute atomic E-state index is 0.333. The molecule has 17 heavy (non-hydrogen) atoms. The Balaban J connectivity index is 2.75. The van der Waals surface area contributed by atoms with Crippen molar-refractivity contribution in [3.05, 3.63) is 28.8 Å². The maximum atomic E-state index is 5.93. The molecule has 2 nitrogen and oxygen atoms in total. The molecule has 0 amide bonds. The van der Waals surface area contributed by atoms with Gasteiger partial charge >= 0.3 is 0 Å². The van der Waals surface area contributed by atoms with Gasteiger partial charge in [-0.05, 0) is 30.5 Å². The number of benzene rings is 1. The molecule has 0 aromatic heterocycles. The van der Waals surface area contributed by atoms with Gasteiger partial charge in [0.25, 0.3) is 0 Å². The van der Waals surface area contributed by atoms with Crippen molar-refractivity contribution >= 4 is 28.8 Å². The van der Waals surface area contributed by atoms with Gasteiger partial charge in [0.05, 0.1) is 12.2 Å². The Bertz CT molecular complexity index is 395. The topological polar surface area (TPSA) is 35.2 Å². The highest BCUT2D eigenvalue weighted by atomic mass is 35.5. The first-order valence-corrected chi connectivity index (χ1v) is 6.55. The molecular weight excluding hydrogens is 254 g/mol. The maximum absolute atomic E-state index is 5.93. The van der Waals surface area contributed by atoms with Crippen LogP contribution in [0.4, 0.5) is 0 Å². The van der Waals surface area contributed by atoms with Crippen molar-refractivity contribution in [1.82, 2.24) is 0 Å². The van der Waals surface area contributed by atoms with E-state index >= 15 is 0 Å². The van der Waals surface area contributed by atoms with Gasteiger partial charge in [0.1, 0.15) is 10.7 Å². The molecule has 0 aliphatic carbocycles. The summed E-state index contributed by atoms with van der Waals surface area (Å²) in [5, 5.41) is 0.628. The van der Waals surface area contributed by atoms with E-state index in [4.69, 9.17) is 34.3 Å². The lowest BCUT2D eigenvalue weighted by Crippen LogP contribution is -2.14. The van der Waals surface area contributed by atoms with Gasteiger partial charge in [-0.15, -0.1) is 0 Å². The first-order chi connectivity index (χ1) is 8.04. The normalized spacial score (nSPS) is 12.2. The van der Waals surface area contributed by atoms with Crippen molar-refractivity contribution in [1.29, 1.82) is 0 Å². The largest absolute Gasteiger partial charge is 0.493 e. The van der Waals surface area contributed by atoms with Gasteiger partial charge in [0.2, 0.25) is 0 Å². The van der Waals surface area contributed by atoms with Gasteiger partial charge in [-0.3, -0.25) is 0 Å². The van der Waals surface area contributed by atoms with Crippen LogP contribution in [0.2, 0.25) is 5.02 Å². The molecule has 1 rings (SSSR count). The van der Waals surface area contributed by atoms with Crippen LogP contribution < -0.4 is 10.5 Å². The Labute approximate surface area is 113 Å². The molecule has 0 fully saturated rings. The van der Waals surface area contributed by atoms with Gasteiger partial charge in [-0.1, -0.05) is 44.1 Å². The lowest BCUT2D eigenvalue weighted by Gasteiger charge is -2.14. The van der Waals surface area contributed by atoms with Gasteiger partial charge in [0, 0.05) is 5.02 Å². The number of rotatable bonds is 6. The van der Waals surface area contributed by atoms with Crippen molar-refractivity contribution in [2.45, 2.75) is 26.7 Å². The number of ether oxygens (including phenoxy) is 1. The Morgan fingerprint density at radius 3 is 2.82 bits per heavy atom. The summed E-state index contributed by atoms with van der Waals surface area (Å²) in [6, 6.07) is 5.32. The van der Waals surface area contributed by atoms with Crippen LogP contribution in [0, 0.1) is 5.92 Å². The maximum Gasteiger partial charge on any atom is 0.130 e. The summed E-state index contributed by atoms with van der Waals surface area (Å²) in [5.41, 5.74) is 6.38. The van der Waals surface area contributed by atoms with E-state index in [1.807, 2.05) is 0 Å². The third kappa shape index (κ3) is 4.52. The fourth-order valence-electron chi connectivity index (χ4n) is 1.63. The van der Waals surface area contributed by atoms with E-state index in [1.54, 1.807) is 18.2 Å². The Morgan fingerprint density at radius 1 is 1.53 bits per heavy atom. The molecule has 1 aromatic carbocycles. The lowest BCUT2D eigenvalue weighted by molar-refractivity contribution is 0.251. The molecule has 1 aromatic rings. The average molecular weight is 272 g/mol. The second-order valence-electron chi connectivity index (χ2n) is 4.21. The molecule has 1 atom stereocenters. The summed E-state index contributed by atoms with van der Waals surface area (Å²) < 4.78 is 5.74. The van der Waals surface area contributed by atoms with Crippen molar-refractivity contribution < 1.29 is 4.74 Å². The SMILES string of the molecule is CCCC(C)COc1cc(Cl)ccc1C(N)=S. The molecule has 0 heterocycles. The zero-order valence-electron chi connectivity index (χ0n) is 10.2. The highest BCUT2D eigenvalue weighted by molar-refractivity contribution is 7.80. The number of hydrogen-bond acceptors (Lipinski definition) is 2. The molecule has 0 saturated heterocycles. The van der Waals surface area contributed by atoms with Gasteiger partial charge in [0.15, 0.2) is 0 Å². The van der Waals surface area contributed by atoms with Crippen LogP contribution in [0.3, 0.4) is 0 Å². The fraction of sp³-hybridized carbons (Fsp3) is 0.462. The molecule has 0 spiro atoms. The Hall–Kier alpha value is -0.800. The molecule has 1 unspecified atom stereocenters. The number of hydrogen-bond donors (Lipinski definition) is 1. The first kappa shape index (κ1) is 14.3. The van der Waals surface area contributed by atoms with Crippen LogP contribution >= 0.6 is 23.8 Å². The van der Waals surface area contributed by atoms with Gasteiger partial charge in [-0.25, -0.2) is 0 Å². The summed E-state index contributed by atoms with van der Waals surface area (Å²) in [6.45, 7) is 4.98. The van der Waals surface area contributed by atoms with Crippen LogP contribution in [-0.2, 0) is 0 Å². The standard InChI is InChI=1S/C13H18ClNOS/c1-3-4-9(2)8-16-12-7-10(14)5-6-11(12)13(15)17/h5-7,9H,3-4,8H2,1-2H3,(H2,15,17). The summed E-state index contributed by atoms with van der Waals surface area (Å²) in [4.78, 5) is 0.333. The van der Waals surface area contributed by atoms with Crippen molar-refractivity contribution in [2.24, 2.45) is 11.7 Å². The summed E-state index contributed by atoms with van der Waals surface area (Å²) in [5.74, 6) is 1.19. The number of nitrogens with two attached hydrogens (primary N) is 1. The van der Waals surface area contributed by atoms with E-state index in [-0.39, 0.29) is 0 Å². The minimum atomic E-state index is 0.333. The smallest absolute Gasteiger partial charge is 0.130 e. The number of thiocarbonyl (C=S) groups is 1. The van der Waals surface area contributed by atoms with Gasteiger partial charge < -0.3 is 10.5 Å². The monoisotopic (exact) mass is 271 g/mol. The van der Waals surface area contributed by atoms with E-state index in [1.165, 1.54) is 0 Å². The highest BCUT2D eigenvalue weighted by Gasteiger charge is 2.09. The minimum Gasteiger partial charge on any atom is -0.493 e. The average Bonchev–Trinajstić information content (AvgIpc) is 2.26. The Kier molecular flexibility index (Phi) is 5.72. The second kappa shape index (κ2) is 6.82. The third-order valence-electron chi connectivity index (χ3n) is 2.51. The van der Waals surface area contributed by atoms with Crippen molar-refractivity contribution in [3.63, 3.8) is 0 Å². The predicted octanol–water partition coefficient (Wildman–Crippen LogP) is 3.79. The van der Waals surface area contributed by atoms with E-state index in [9.17, 15) is 0 Å². The van der Waals surface area contributed by atoms with Crippen molar-refractivity contribution in [3.8, 4) is 5.75 Å². The van der Waals surface area contributed by atoms with E-state index in [2.05, 4.69) is 13.8 Å². The molecule has 4 heteroatoms. The first-order valence-electron chi connectivity index (χ1n) is 5.76. The summed E-state index contributed by atoms with van der Waals surface area (Å²) in [6.07, 6.45) is 2.30. The van der Waals surface area contributed by atoms with Crippen LogP contribution in [0.25, 0.3) is 0 Å². The van der Waals surface area contributed by atoms with Crippen LogP contribution in [0.15, 0.2) is 18.2 Å². The molecule has 0 saturated carbocycles. The fourth-order valence-corrected chi connectivity index (χ4v) is 1.96. The zero-order valence-corrected chi connectivity index (χ0v) is 11.8. The Morgan fingerprint density at radius 2 is 2.24 bits per heavy atom. The van der Waals surface area contributed by atoms with E-state index < -0.39 is 0 Å². The molecule has 0 aliphatic rings. The van der Waals surface area contributed by atoms with Crippen LogP contribution in [0.5, 0.6) is 5.75 Å². The quantitative estimate of drug-likeness (QED) is 0.800. The highest BCUT2D eigenvalue weighted by Crippen LogP contribution is 2.24. The molecule has 0 radical (unpaired) electrons.